The van der Waals surface area contributed by atoms with E-state index in [0.29, 0.717) is 6.04 Å². The molecule has 0 saturated carbocycles. The minimum Gasteiger partial charge on any atom is -0.313 e. The van der Waals surface area contributed by atoms with Crippen LogP contribution in [0.1, 0.15) is 38.2 Å². The molecular weight excluding hydrogens is 239 g/mol. The van der Waals surface area contributed by atoms with Crippen LogP contribution in [0.5, 0.6) is 0 Å². The zero-order valence-corrected chi connectivity index (χ0v) is 11.9. The van der Waals surface area contributed by atoms with Gasteiger partial charge < -0.3 is 5.32 Å². The number of benzene rings is 1. The van der Waals surface area contributed by atoms with Gasteiger partial charge in [-0.1, -0.05) is 25.5 Å². The second-order valence-electron chi connectivity index (χ2n) is 5.51. The molecule has 2 rings (SSSR count). The van der Waals surface area contributed by atoms with E-state index in [-0.39, 0.29) is 5.82 Å². The normalized spacial score (nSPS) is 19.8. The van der Waals surface area contributed by atoms with E-state index in [0.717, 1.165) is 32.6 Å². The molecule has 2 nitrogen and oxygen atoms in total. The fourth-order valence-electron chi connectivity index (χ4n) is 2.79. The molecule has 106 valence electrons. The summed E-state index contributed by atoms with van der Waals surface area (Å²) in [4.78, 5) is 2.48. The summed E-state index contributed by atoms with van der Waals surface area (Å²) in [5.41, 5.74) is 1.20. The van der Waals surface area contributed by atoms with Crippen LogP contribution in [-0.2, 0) is 6.54 Å². The van der Waals surface area contributed by atoms with Crippen molar-refractivity contribution in [3.63, 3.8) is 0 Å². The van der Waals surface area contributed by atoms with Crippen LogP contribution < -0.4 is 5.32 Å². The third kappa shape index (κ3) is 4.92. The summed E-state index contributed by atoms with van der Waals surface area (Å²) in [5, 5.41) is 3.60. The lowest BCUT2D eigenvalue weighted by atomic mass is 10.0. The molecule has 1 N–H and O–H groups in total. The van der Waals surface area contributed by atoms with Crippen LogP contribution in [0.3, 0.4) is 0 Å². The fourth-order valence-corrected chi connectivity index (χ4v) is 2.79. The minimum atomic E-state index is -0.153. The summed E-state index contributed by atoms with van der Waals surface area (Å²) < 4.78 is 12.9. The molecule has 1 aliphatic rings. The molecule has 0 amide bonds. The number of rotatable bonds is 6. The number of hydrogen-bond donors (Lipinski definition) is 1. The van der Waals surface area contributed by atoms with Crippen molar-refractivity contribution in [2.75, 3.05) is 19.6 Å². The highest BCUT2D eigenvalue weighted by Crippen LogP contribution is 2.12. The molecule has 19 heavy (non-hydrogen) atoms. The Morgan fingerprint density at radius 2 is 2.05 bits per heavy atom. The Morgan fingerprint density at radius 3 is 2.68 bits per heavy atom. The molecule has 0 radical (unpaired) electrons. The summed E-state index contributed by atoms with van der Waals surface area (Å²) in [7, 11) is 0. The maximum Gasteiger partial charge on any atom is 0.123 e. The van der Waals surface area contributed by atoms with Crippen molar-refractivity contribution in [3.8, 4) is 0 Å². The smallest absolute Gasteiger partial charge is 0.123 e. The van der Waals surface area contributed by atoms with Crippen molar-refractivity contribution in [1.29, 1.82) is 0 Å². The van der Waals surface area contributed by atoms with Gasteiger partial charge in [0.2, 0.25) is 0 Å². The van der Waals surface area contributed by atoms with Crippen LogP contribution in [0.25, 0.3) is 0 Å². The van der Waals surface area contributed by atoms with Gasteiger partial charge in [-0.15, -0.1) is 0 Å². The average Bonchev–Trinajstić information content (AvgIpc) is 2.43. The molecule has 0 aliphatic carbocycles. The third-order valence-corrected chi connectivity index (χ3v) is 3.75. The number of hydrogen-bond acceptors (Lipinski definition) is 2. The van der Waals surface area contributed by atoms with Gasteiger partial charge in [-0.25, -0.2) is 4.39 Å². The van der Waals surface area contributed by atoms with E-state index in [4.69, 9.17) is 0 Å². The fraction of sp³-hybridized carbons (Fsp3) is 0.625. The van der Waals surface area contributed by atoms with Crippen molar-refractivity contribution >= 4 is 0 Å². The van der Waals surface area contributed by atoms with Crippen molar-refractivity contribution in [2.24, 2.45) is 0 Å². The van der Waals surface area contributed by atoms with E-state index in [1.165, 1.54) is 24.8 Å². The summed E-state index contributed by atoms with van der Waals surface area (Å²) in [6.07, 6.45) is 5.09. The summed E-state index contributed by atoms with van der Waals surface area (Å²) in [6, 6.07) is 7.52. The predicted molar refractivity (Wildman–Crippen MR) is 77.6 cm³/mol. The monoisotopic (exact) mass is 264 g/mol. The number of piperidine rings is 1. The first-order valence-electron chi connectivity index (χ1n) is 7.48. The highest BCUT2D eigenvalue weighted by atomic mass is 19.1. The van der Waals surface area contributed by atoms with E-state index in [2.05, 4.69) is 17.1 Å². The molecule has 1 fully saturated rings. The van der Waals surface area contributed by atoms with E-state index in [1.54, 1.807) is 12.1 Å². The van der Waals surface area contributed by atoms with Gasteiger partial charge in [0.05, 0.1) is 0 Å². The van der Waals surface area contributed by atoms with E-state index in [1.807, 2.05) is 12.1 Å². The first-order valence-corrected chi connectivity index (χ1v) is 7.48. The van der Waals surface area contributed by atoms with Crippen LogP contribution in [-0.4, -0.2) is 30.6 Å². The Hall–Kier alpha value is -0.930. The Balaban J connectivity index is 1.89. The Labute approximate surface area is 116 Å². The van der Waals surface area contributed by atoms with Crippen LogP contribution in [0.4, 0.5) is 4.39 Å². The second kappa shape index (κ2) is 7.61. The zero-order valence-electron chi connectivity index (χ0n) is 11.9. The minimum absolute atomic E-state index is 0.153. The highest BCUT2D eigenvalue weighted by Gasteiger charge is 2.16. The Bertz CT molecular complexity index is 358. The van der Waals surface area contributed by atoms with Gasteiger partial charge in [-0.2, -0.15) is 0 Å². The van der Waals surface area contributed by atoms with E-state index < -0.39 is 0 Å². The summed E-state index contributed by atoms with van der Waals surface area (Å²) in [6.45, 7) is 6.50. The zero-order chi connectivity index (χ0) is 13.5. The maximum absolute atomic E-state index is 12.9. The summed E-state index contributed by atoms with van der Waals surface area (Å²) in [5.74, 6) is -0.153. The Morgan fingerprint density at radius 1 is 1.26 bits per heavy atom. The van der Waals surface area contributed by atoms with Gasteiger partial charge in [-0.3, -0.25) is 4.90 Å². The molecule has 0 spiro atoms. The van der Waals surface area contributed by atoms with Gasteiger partial charge in [0.25, 0.3) is 0 Å². The lowest BCUT2D eigenvalue weighted by molar-refractivity contribution is 0.217. The van der Waals surface area contributed by atoms with Gasteiger partial charge in [-0.05, 0) is 50.0 Å². The van der Waals surface area contributed by atoms with Gasteiger partial charge in [0.1, 0.15) is 5.82 Å². The average molecular weight is 264 g/mol. The molecule has 3 heteroatoms. The van der Waals surface area contributed by atoms with Crippen molar-refractivity contribution in [2.45, 2.75) is 45.2 Å². The van der Waals surface area contributed by atoms with Crippen molar-refractivity contribution in [1.82, 2.24) is 10.2 Å². The molecule has 1 aliphatic heterocycles. The standard InChI is InChI=1S/C16H25FN2/c1-2-11-19(13-16-5-3-4-10-18-16)12-14-6-8-15(17)9-7-14/h6-9,16,18H,2-5,10-13H2,1H3. The van der Waals surface area contributed by atoms with Gasteiger partial charge in [0, 0.05) is 19.1 Å². The molecule has 1 heterocycles. The summed E-state index contributed by atoms with van der Waals surface area (Å²) >= 11 is 0. The SMILES string of the molecule is CCCN(Cc1ccc(F)cc1)CC1CCCCN1. The van der Waals surface area contributed by atoms with Gasteiger partial charge >= 0.3 is 0 Å². The second-order valence-corrected chi connectivity index (χ2v) is 5.51. The lowest BCUT2D eigenvalue weighted by Crippen LogP contribution is -2.43. The number of halogens is 1. The van der Waals surface area contributed by atoms with Gasteiger partial charge in [0.15, 0.2) is 0 Å². The maximum atomic E-state index is 12.9. The van der Waals surface area contributed by atoms with Crippen LogP contribution in [0.2, 0.25) is 0 Å². The topological polar surface area (TPSA) is 15.3 Å². The van der Waals surface area contributed by atoms with Crippen molar-refractivity contribution in [3.05, 3.63) is 35.6 Å². The Kier molecular flexibility index (Phi) is 5.80. The quantitative estimate of drug-likeness (QED) is 0.849. The molecule has 1 unspecified atom stereocenters. The van der Waals surface area contributed by atoms with Crippen LogP contribution in [0, 0.1) is 5.82 Å². The third-order valence-electron chi connectivity index (χ3n) is 3.75. The molecule has 1 aromatic carbocycles. The van der Waals surface area contributed by atoms with E-state index in [9.17, 15) is 4.39 Å². The van der Waals surface area contributed by atoms with Crippen LogP contribution >= 0.6 is 0 Å². The number of nitrogens with zero attached hydrogens (tertiary/aromatic N) is 1. The van der Waals surface area contributed by atoms with E-state index >= 15 is 0 Å². The molecular formula is C16H25FN2. The van der Waals surface area contributed by atoms with Crippen LogP contribution in [0.15, 0.2) is 24.3 Å². The molecule has 0 bridgehead atoms. The highest BCUT2D eigenvalue weighted by molar-refractivity contribution is 5.15. The largest absolute Gasteiger partial charge is 0.313 e. The first-order chi connectivity index (χ1) is 9.28. The molecule has 1 aromatic rings. The molecule has 0 aromatic heterocycles. The molecule has 1 saturated heterocycles. The van der Waals surface area contributed by atoms with Crippen molar-refractivity contribution < 1.29 is 4.39 Å². The first kappa shape index (κ1) is 14.5. The molecule has 1 atom stereocenters. The lowest BCUT2D eigenvalue weighted by Gasteiger charge is -2.30. The number of nitrogens with one attached hydrogen (secondary N) is 1. The predicted octanol–water partition coefficient (Wildman–Crippen LogP) is 3.18.